The second-order valence-electron chi connectivity index (χ2n) is 6.86. The average Bonchev–Trinajstić information content (AvgIpc) is 3.30. The van der Waals surface area contributed by atoms with E-state index >= 15 is 0 Å². The summed E-state index contributed by atoms with van der Waals surface area (Å²) in [6.45, 7) is 1.46. The molecule has 14 heteroatoms. The number of anilines is 1. The average molecular weight is 469 g/mol. The van der Waals surface area contributed by atoms with Crippen LogP contribution >= 0.6 is 0 Å². The van der Waals surface area contributed by atoms with Gasteiger partial charge in [-0.3, -0.25) is 0 Å². The highest BCUT2D eigenvalue weighted by molar-refractivity contribution is 7.91. The van der Waals surface area contributed by atoms with E-state index in [0.29, 0.717) is 12.0 Å². The number of pyridine rings is 1. The van der Waals surface area contributed by atoms with Crippen LogP contribution in [0.1, 0.15) is 12.5 Å². The second kappa shape index (κ2) is 7.70. The normalized spacial score (nSPS) is 12.7. The Kier molecular flexibility index (Phi) is 5.29. The van der Waals surface area contributed by atoms with Crippen molar-refractivity contribution < 1.29 is 26.7 Å². The molecule has 0 aromatic carbocycles. The van der Waals surface area contributed by atoms with Crippen molar-refractivity contribution in [2.24, 2.45) is 7.05 Å². The van der Waals surface area contributed by atoms with E-state index in [1.54, 1.807) is 6.07 Å². The molecule has 4 aromatic heterocycles. The predicted molar refractivity (Wildman–Crippen MR) is 109 cm³/mol. The number of sulfone groups is 1. The first kappa shape index (κ1) is 22.0. The molecule has 0 fully saturated rings. The fraction of sp³-hybridized carbons (Fsp3) is 0.333. The molecular formula is C18H18F3N7O3S. The summed E-state index contributed by atoms with van der Waals surface area (Å²) in [5.74, 6) is 0.170. The number of imidazole rings is 1. The molecule has 10 nitrogen and oxygen atoms in total. The number of aromatic nitrogens is 6. The van der Waals surface area contributed by atoms with E-state index in [1.807, 2.05) is 0 Å². The first-order chi connectivity index (χ1) is 15.1. The summed E-state index contributed by atoms with van der Waals surface area (Å²) in [7, 11) is -2.35. The van der Waals surface area contributed by atoms with Crippen LogP contribution in [-0.4, -0.2) is 61.6 Å². The van der Waals surface area contributed by atoms with Crippen molar-refractivity contribution in [2.45, 2.75) is 18.1 Å². The number of alkyl halides is 3. The first-order valence-electron chi connectivity index (χ1n) is 9.43. The number of hydrogen-bond acceptors (Lipinski definition) is 8. The number of fused-ring (bicyclic) bond motifs is 2. The van der Waals surface area contributed by atoms with Crippen LogP contribution < -0.4 is 5.32 Å². The molecule has 2 N–H and O–H groups in total. The number of aliphatic hydroxyl groups excluding tert-OH is 1. The molecule has 32 heavy (non-hydrogen) atoms. The smallest absolute Gasteiger partial charge is 0.395 e. The van der Waals surface area contributed by atoms with Crippen molar-refractivity contribution in [2.75, 3.05) is 24.2 Å². The summed E-state index contributed by atoms with van der Waals surface area (Å²) in [4.78, 5) is 12.4. The van der Waals surface area contributed by atoms with Crippen LogP contribution in [0.2, 0.25) is 0 Å². The van der Waals surface area contributed by atoms with Crippen molar-refractivity contribution >= 4 is 32.5 Å². The van der Waals surface area contributed by atoms with Crippen LogP contribution in [-0.2, 0) is 23.1 Å². The summed E-state index contributed by atoms with van der Waals surface area (Å²) in [5.41, 5.74) is -0.694. The molecule has 0 atom stereocenters. The molecule has 0 aliphatic heterocycles. The van der Waals surface area contributed by atoms with Gasteiger partial charge in [-0.1, -0.05) is 6.92 Å². The third kappa shape index (κ3) is 3.54. The summed E-state index contributed by atoms with van der Waals surface area (Å²) in [6, 6.07) is 2.40. The van der Waals surface area contributed by atoms with Crippen molar-refractivity contribution in [1.82, 2.24) is 29.1 Å². The zero-order valence-corrected chi connectivity index (χ0v) is 17.7. The van der Waals surface area contributed by atoms with E-state index in [4.69, 9.17) is 5.11 Å². The van der Waals surface area contributed by atoms with E-state index in [0.717, 1.165) is 6.07 Å². The number of aliphatic hydroxyl groups is 1. The van der Waals surface area contributed by atoms with Crippen LogP contribution in [0.25, 0.3) is 28.2 Å². The van der Waals surface area contributed by atoms with E-state index in [2.05, 4.69) is 25.4 Å². The van der Waals surface area contributed by atoms with Gasteiger partial charge in [0.15, 0.2) is 26.2 Å². The Morgan fingerprint density at radius 1 is 1.22 bits per heavy atom. The molecule has 0 unspecified atom stereocenters. The van der Waals surface area contributed by atoms with Gasteiger partial charge in [-0.25, -0.2) is 23.4 Å². The monoisotopic (exact) mass is 469 g/mol. The molecule has 0 aliphatic rings. The molecule has 0 amide bonds. The summed E-state index contributed by atoms with van der Waals surface area (Å²) in [6.07, 6.45) is -2.48. The lowest BCUT2D eigenvalue weighted by molar-refractivity contribution is -0.137. The fourth-order valence-corrected chi connectivity index (χ4v) is 4.22. The zero-order chi connectivity index (χ0) is 23.3. The molecule has 0 radical (unpaired) electrons. The summed E-state index contributed by atoms with van der Waals surface area (Å²) < 4.78 is 67.7. The molecule has 4 heterocycles. The largest absolute Gasteiger partial charge is 0.417 e. The Morgan fingerprint density at radius 3 is 2.62 bits per heavy atom. The minimum Gasteiger partial charge on any atom is -0.395 e. The predicted octanol–water partition coefficient (Wildman–Crippen LogP) is 1.89. The minimum absolute atomic E-state index is 0.0496. The molecular weight excluding hydrogens is 451 g/mol. The van der Waals surface area contributed by atoms with E-state index in [1.165, 1.54) is 29.3 Å². The fourth-order valence-electron chi connectivity index (χ4n) is 3.25. The number of rotatable bonds is 6. The third-order valence-corrected chi connectivity index (χ3v) is 6.47. The maximum Gasteiger partial charge on any atom is 0.417 e. The van der Waals surface area contributed by atoms with Gasteiger partial charge in [0.2, 0.25) is 0 Å². The Bertz CT molecular complexity index is 1430. The number of hydrogen-bond donors (Lipinski definition) is 2. The minimum atomic E-state index is -4.60. The molecule has 170 valence electrons. The third-order valence-electron chi connectivity index (χ3n) is 4.84. The number of aryl methyl sites for hydroxylation is 1. The lowest BCUT2D eigenvalue weighted by Gasteiger charge is -2.06. The van der Waals surface area contributed by atoms with E-state index in [-0.39, 0.29) is 52.1 Å². The van der Waals surface area contributed by atoms with Crippen molar-refractivity contribution in [3.63, 3.8) is 0 Å². The SMILES string of the molecule is CCS(=O)(=O)c1nn2c(NCCO)ccnc2c1-c1nc2cc(C(F)(F)F)cnc2n1C. The van der Waals surface area contributed by atoms with Crippen LogP contribution in [0.5, 0.6) is 0 Å². The molecule has 0 spiro atoms. The number of nitrogens with one attached hydrogen (secondary N) is 1. The van der Waals surface area contributed by atoms with Gasteiger partial charge in [0.25, 0.3) is 0 Å². The van der Waals surface area contributed by atoms with Crippen molar-refractivity contribution in [3.05, 3.63) is 30.1 Å². The van der Waals surface area contributed by atoms with E-state index < -0.39 is 21.6 Å². The standard InChI is InChI=1S/C18H18F3N7O3S/c1-3-32(30,31)17-13(15-23-5-4-12(22-6-7-29)28(15)26-17)16-25-11-8-10(18(19,20)21)9-24-14(11)27(16)2/h4-5,8-9,22,29H,3,6-7H2,1-2H3. The Hall–Kier alpha value is -3.26. The van der Waals surface area contributed by atoms with Crippen LogP contribution in [0.15, 0.2) is 29.6 Å². The maximum atomic E-state index is 13.1. The number of halogens is 3. The molecule has 4 rings (SSSR count). The highest BCUT2D eigenvalue weighted by Gasteiger charge is 2.33. The van der Waals surface area contributed by atoms with Crippen LogP contribution in [0.4, 0.5) is 19.0 Å². The van der Waals surface area contributed by atoms with Crippen LogP contribution in [0, 0.1) is 0 Å². The molecule has 0 aliphatic carbocycles. The molecule has 0 bridgehead atoms. The summed E-state index contributed by atoms with van der Waals surface area (Å²) in [5, 5.41) is 15.9. The van der Waals surface area contributed by atoms with Gasteiger partial charge in [-0.15, -0.1) is 0 Å². The van der Waals surface area contributed by atoms with Gasteiger partial charge in [-0.2, -0.15) is 22.8 Å². The maximum absolute atomic E-state index is 13.1. The van der Waals surface area contributed by atoms with Crippen LogP contribution in [0.3, 0.4) is 0 Å². The first-order valence-corrected chi connectivity index (χ1v) is 11.1. The topological polar surface area (TPSA) is 127 Å². The lowest BCUT2D eigenvalue weighted by Crippen LogP contribution is -2.10. The van der Waals surface area contributed by atoms with Gasteiger partial charge in [0.05, 0.1) is 17.9 Å². The highest BCUT2D eigenvalue weighted by Crippen LogP contribution is 2.35. The van der Waals surface area contributed by atoms with Crippen molar-refractivity contribution in [3.8, 4) is 11.4 Å². The van der Waals surface area contributed by atoms with Gasteiger partial charge < -0.3 is 15.0 Å². The Balaban J connectivity index is 2.04. The lowest BCUT2D eigenvalue weighted by atomic mass is 10.2. The summed E-state index contributed by atoms with van der Waals surface area (Å²) >= 11 is 0. The van der Waals surface area contributed by atoms with Gasteiger partial charge in [0, 0.05) is 26.0 Å². The Morgan fingerprint density at radius 2 is 1.97 bits per heavy atom. The van der Waals surface area contributed by atoms with Gasteiger partial charge in [0.1, 0.15) is 22.7 Å². The van der Waals surface area contributed by atoms with E-state index in [9.17, 15) is 21.6 Å². The van der Waals surface area contributed by atoms with Gasteiger partial charge in [-0.05, 0) is 12.1 Å². The van der Waals surface area contributed by atoms with Gasteiger partial charge >= 0.3 is 6.18 Å². The molecule has 4 aromatic rings. The second-order valence-corrected chi connectivity index (χ2v) is 9.05. The Labute approximate surface area is 179 Å². The molecule has 0 saturated heterocycles. The number of nitrogens with zero attached hydrogens (tertiary/aromatic N) is 6. The van der Waals surface area contributed by atoms with Crippen molar-refractivity contribution in [1.29, 1.82) is 0 Å². The highest BCUT2D eigenvalue weighted by atomic mass is 32.2. The molecule has 0 saturated carbocycles. The quantitative estimate of drug-likeness (QED) is 0.438. The zero-order valence-electron chi connectivity index (χ0n) is 16.9.